The highest BCUT2D eigenvalue weighted by atomic mass is 35.5. The van der Waals surface area contributed by atoms with Crippen molar-refractivity contribution < 1.29 is 27.6 Å². The minimum absolute atomic E-state index is 0.447. The van der Waals surface area contributed by atoms with E-state index in [1.165, 1.54) is 0 Å². The molecule has 11 heteroatoms. The van der Waals surface area contributed by atoms with Gasteiger partial charge in [0.15, 0.2) is 0 Å². The fraction of sp³-hybridized carbons (Fsp3) is 0.333. The van der Waals surface area contributed by atoms with E-state index in [-0.39, 0.29) is 0 Å². The van der Waals surface area contributed by atoms with Crippen LogP contribution in [0.5, 0.6) is 5.88 Å². The van der Waals surface area contributed by atoms with Crippen molar-refractivity contribution in [2.24, 2.45) is 0 Å². The van der Waals surface area contributed by atoms with Crippen LogP contribution in [0.2, 0.25) is 5.15 Å². The van der Waals surface area contributed by atoms with Gasteiger partial charge in [-0.25, -0.2) is 8.78 Å². The number of hydrogen-bond donors (Lipinski definition) is 1. The molecule has 1 aromatic heterocycles. The molecule has 0 radical (unpaired) electrons. The minimum atomic E-state index is -3.46. The number of nitrogens with one attached hydrogen (secondary N) is 1. The highest BCUT2D eigenvalue weighted by molar-refractivity contribution is 6.31. The molecule has 7 nitrogen and oxygen atoms in total. The van der Waals surface area contributed by atoms with Crippen LogP contribution < -0.4 is 10.1 Å². The van der Waals surface area contributed by atoms with E-state index in [2.05, 4.69) is 9.72 Å². The quantitative estimate of drug-likeness (QED) is 0.512. The molecule has 0 aliphatic heterocycles. The SMILES string of the molecule is CC(=O)Nc1cc([N+](=O)[O-])c(Cl)nc1OC(F)C(F)F. The maximum Gasteiger partial charge on any atom is 0.308 e. The number of hydrogen-bond acceptors (Lipinski definition) is 5. The molecule has 1 amide bonds. The lowest BCUT2D eigenvalue weighted by molar-refractivity contribution is -0.385. The van der Waals surface area contributed by atoms with Crippen molar-refractivity contribution in [2.45, 2.75) is 19.7 Å². The van der Waals surface area contributed by atoms with Crippen molar-refractivity contribution in [1.29, 1.82) is 0 Å². The van der Waals surface area contributed by atoms with E-state index in [1.54, 1.807) is 0 Å². The van der Waals surface area contributed by atoms with Crippen molar-refractivity contribution in [3.05, 3.63) is 21.3 Å². The molecule has 0 aliphatic rings. The minimum Gasteiger partial charge on any atom is -0.435 e. The van der Waals surface area contributed by atoms with Gasteiger partial charge in [0.05, 0.1) is 4.92 Å². The summed E-state index contributed by atoms with van der Waals surface area (Å²) in [5, 5.41) is 12.0. The number of carbonyl (C=O) groups excluding carboxylic acids is 1. The van der Waals surface area contributed by atoms with Crippen LogP contribution in [-0.4, -0.2) is 28.6 Å². The Balaban J connectivity index is 3.23. The van der Waals surface area contributed by atoms with Crippen LogP contribution in [0.4, 0.5) is 24.5 Å². The van der Waals surface area contributed by atoms with E-state index >= 15 is 0 Å². The molecule has 0 aliphatic carbocycles. The van der Waals surface area contributed by atoms with Gasteiger partial charge in [-0.1, -0.05) is 11.6 Å². The second-order valence-electron chi connectivity index (χ2n) is 3.39. The van der Waals surface area contributed by atoms with Gasteiger partial charge >= 0.3 is 12.1 Å². The number of anilines is 1. The lowest BCUT2D eigenvalue weighted by atomic mass is 10.3. The first-order chi connectivity index (χ1) is 9.22. The Morgan fingerprint density at radius 1 is 1.55 bits per heavy atom. The third-order valence-electron chi connectivity index (χ3n) is 1.85. The van der Waals surface area contributed by atoms with Gasteiger partial charge in [-0.3, -0.25) is 14.9 Å². The third kappa shape index (κ3) is 3.95. The lowest BCUT2D eigenvalue weighted by Crippen LogP contribution is -2.21. The highest BCUT2D eigenvalue weighted by Gasteiger charge is 2.26. The van der Waals surface area contributed by atoms with E-state index in [0.717, 1.165) is 13.0 Å². The molecule has 1 heterocycles. The fourth-order valence-corrected chi connectivity index (χ4v) is 1.32. The van der Waals surface area contributed by atoms with E-state index in [0.29, 0.717) is 0 Å². The van der Waals surface area contributed by atoms with Crippen molar-refractivity contribution in [2.75, 3.05) is 5.32 Å². The summed E-state index contributed by atoms with van der Waals surface area (Å²) < 4.78 is 41.1. The Bertz CT molecular complexity index is 543. The standard InChI is InChI=1S/C9H7ClF3N3O4/c1-3(17)14-4-2-5(16(18)19)6(10)15-9(4)20-8(13)7(11)12/h2,7-8H,1H3,(H,14,17). The smallest absolute Gasteiger partial charge is 0.308 e. The van der Waals surface area contributed by atoms with Gasteiger partial charge in [0, 0.05) is 13.0 Å². The monoisotopic (exact) mass is 313 g/mol. The largest absolute Gasteiger partial charge is 0.435 e. The average Bonchev–Trinajstić information content (AvgIpc) is 2.31. The number of nitrogens with zero attached hydrogens (tertiary/aromatic N) is 2. The lowest BCUT2D eigenvalue weighted by Gasteiger charge is -2.13. The Morgan fingerprint density at radius 2 is 2.15 bits per heavy atom. The van der Waals surface area contributed by atoms with E-state index in [4.69, 9.17) is 11.6 Å². The number of carbonyl (C=O) groups is 1. The molecule has 0 spiro atoms. The molecule has 0 fully saturated rings. The summed E-state index contributed by atoms with van der Waals surface area (Å²) in [5.41, 5.74) is -1.15. The van der Waals surface area contributed by atoms with Crippen molar-refractivity contribution in [1.82, 2.24) is 4.98 Å². The molecule has 1 aromatic rings. The van der Waals surface area contributed by atoms with Gasteiger partial charge in [0.25, 0.3) is 6.36 Å². The van der Waals surface area contributed by atoms with Crippen molar-refractivity contribution >= 4 is 28.9 Å². The van der Waals surface area contributed by atoms with Gasteiger partial charge in [-0.2, -0.15) is 9.37 Å². The third-order valence-corrected chi connectivity index (χ3v) is 2.13. The van der Waals surface area contributed by atoms with Crippen LogP contribution in [0, 0.1) is 10.1 Å². The van der Waals surface area contributed by atoms with Crippen LogP contribution in [0.1, 0.15) is 6.92 Å². The second kappa shape index (κ2) is 6.37. The van der Waals surface area contributed by atoms with E-state index in [9.17, 15) is 28.1 Å². The van der Waals surface area contributed by atoms with Crippen molar-refractivity contribution in [3.8, 4) is 5.88 Å². The number of rotatable bonds is 5. The molecule has 1 atom stereocenters. The number of alkyl halides is 3. The van der Waals surface area contributed by atoms with Gasteiger partial charge < -0.3 is 10.1 Å². The summed E-state index contributed by atoms with van der Waals surface area (Å²) in [4.78, 5) is 23.9. The zero-order chi connectivity index (χ0) is 15.4. The number of halogens is 4. The number of nitro groups is 1. The Morgan fingerprint density at radius 3 is 2.60 bits per heavy atom. The van der Waals surface area contributed by atoms with Crippen LogP contribution >= 0.6 is 11.6 Å². The molecular weight excluding hydrogens is 307 g/mol. The Kier molecular flexibility index (Phi) is 5.08. The number of amides is 1. The van der Waals surface area contributed by atoms with E-state index in [1.807, 2.05) is 5.32 Å². The summed E-state index contributed by atoms with van der Waals surface area (Å²) in [5.74, 6) is -1.48. The topological polar surface area (TPSA) is 94.4 Å². The first-order valence-corrected chi connectivity index (χ1v) is 5.31. The predicted molar refractivity (Wildman–Crippen MR) is 61.7 cm³/mol. The summed E-state index contributed by atoms with van der Waals surface area (Å²) in [6.07, 6.45) is -6.48. The predicted octanol–water partition coefficient (Wildman–Crippen LogP) is 2.54. The molecule has 0 aromatic carbocycles. The molecule has 110 valence electrons. The van der Waals surface area contributed by atoms with Crippen LogP contribution in [0.25, 0.3) is 0 Å². The van der Waals surface area contributed by atoms with Crippen LogP contribution in [0.15, 0.2) is 6.07 Å². The van der Waals surface area contributed by atoms with Gasteiger partial charge in [0.2, 0.25) is 16.9 Å². The summed E-state index contributed by atoms with van der Waals surface area (Å²) >= 11 is 5.44. The molecule has 1 N–H and O–H groups in total. The van der Waals surface area contributed by atoms with E-state index < -0.39 is 46.0 Å². The maximum absolute atomic E-state index is 12.8. The summed E-state index contributed by atoms with van der Waals surface area (Å²) in [7, 11) is 0. The Labute approximate surface area is 114 Å². The Hall–Kier alpha value is -2.10. The highest BCUT2D eigenvalue weighted by Crippen LogP contribution is 2.33. The zero-order valence-corrected chi connectivity index (χ0v) is 10.5. The average molecular weight is 314 g/mol. The molecule has 0 bridgehead atoms. The first kappa shape index (κ1) is 16.0. The summed E-state index contributed by atoms with van der Waals surface area (Å²) in [6.45, 7) is 1.05. The molecular formula is C9H7ClF3N3O4. The van der Waals surface area contributed by atoms with Crippen LogP contribution in [0.3, 0.4) is 0 Å². The summed E-state index contributed by atoms with van der Waals surface area (Å²) in [6, 6.07) is 0.726. The molecule has 0 saturated heterocycles. The van der Waals surface area contributed by atoms with Crippen LogP contribution in [-0.2, 0) is 4.79 Å². The number of aromatic nitrogens is 1. The normalized spacial score (nSPS) is 12.1. The molecule has 1 unspecified atom stereocenters. The second-order valence-corrected chi connectivity index (χ2v) is 3.75. The van der Waals surface area contributed by atoms with Crippen molar-refractivity contribution in [3.63, 3.8) is 0 Å². The maximum atomic E-state index is 12.8. The fourth-order valence-electron chi connectivity index (χ4n) is 1.12. The van der Waals surface area contributed by atoms with Gasteiger partial charge in [-0.05, 0) is 0 Å². The molecule has 20 heavy (non-hydrogen) atoms. The molecule has 1 rings (SSSR count). The first-order valence-electron chi connectivity index (χ1n) is 4.93. The zero-order valence-electron chi connectivity index (χ0n) is 9.77. The number of pyridine rings is 1. The van der Waals surface area contributed by atoms with Gasteiger partial charge in [-0.15, -0.1) is 0 Å². The number of ether oxygens (including phenoxy) is 1. The molecule has 0 saturated carbocycles. The van der Waals surface area contributed by atoms with Gasteiger partial charge in [0.1, 0.15) is 5.69 Å².